The van der Waals surface area contributed by atoms with Gasteiger partial charge in [0.25, 0.3) is 0 Å². The number of benzene rings is 1. The molecule has 116 valence electrons. The van der Waals surface area contributed by atoms with E-state index < -0.39 is 0 Å². The van der Waals surface area contributed by atoms with E-state index in [1.807, 2.05) is 24.3 Å². The van der Waals surface area contributed by atoms with Crippen LogP contribution in [0.2, 0.25) is 0 Å². The van der Waals surface area contributed by atoms with Crippen LogP contribution in [0.25, 0.3) is 0 Å². The molecule has 1 aromatic rings. The summed E-state index contributed by atoms with van der Waals surface area (Å²) in [4.78, 5) is 2.73. The van der Waals surface area contributed by atoms with Crippen molar-refractivity contribution in [1.29, 1.82) is 0 Å². The summed E-state index contributed by atoms with van der Waals surface area (Å²) in [6.45, 7) is 3.26. The molecule has 1 heterocycles. The number of piperidine rings is 1. The predicted molar refractivity (Wildman–Crippen MR) is 87.5 cm³/mol. The molecule has 2 atom stereocenters. The Hall–Kier alpha value is -1.22. The van der Waals surface area contributed by atoms with Gasteiger partial charge in [-0.3, -0.25) is 4.90 Å². The van der Waals surface area contributed by atoms with Crippen LogP contribution < -0.4 is 10.5 Å². The lowest BCUT2D eigenvalue weighted by Gasteiger charge is -2.44. The Bertz CT molecular complexity index is 447. The van der Waals surface area contributed by atoms with Crippen LogP contribution in [0.1, 0.15) is 44.9 Å². The first kappa shape index (κ1) is 14.7. The average molecular weight is 288 g/mol. The van der Waals surface area contributed by atoms with Crippen molar-refractivity contribution >= 4 is 5.69 Å². The van der Waals surface area contributed by atoms with Gasteiger partial charge < -0.3 is 10.5 Å². The van der Waals surface area contributed by atoms with Gasteiger partial charge in [-0.25, -0.2) is 0 Å². The first-order valence-electron chi connectivity index (χ1n) is 8.55. The second-order valence-corrected chi connectivity index (χ2v) is 6.56. The molecule has 3 nitrogen and oxygen atoms in total. The molecule has 2 N–H and O–H groups in total. The normalized spacial score (nSPS) is 26.3. The highest BCUT2D eigenvalue weighted by Gasteiger charge is 2.32. The van der Waals surface area contributed by atoms with Crippen LogP contribution in [0.3, 0.4) is 0 Å². The number of likely N-dealkylation sites (tertiary alicyclic amines) is 1. The van der Waals surface area contributed by atoms with Gasteiger partial charge in [0.15, 0.2) is 0 Å². The molecular formula is C18H28N2O. The molecule has 21 heavy (non-hydrogen) atoms. The van der Waals surface area contributed by atoms with Gasteiger partial charge in [-0.15, -0.1) is 0 Å². The van der Waals surface area contributed by atoms with E-state index in [2.05, 4.69) is 4.90 Å². The first-order valence-corrected chi connectivity index (χ1v) is 8.55. The van der Waals surface area contributed by atoms with Crippen molar-refractivity contribution in [2.45, 2.75) is 51.0 Å². The van der Waals surface area contributed by atoms with Crippen LogP contribution in [0.5, 0.6) is 5.75 Å². The smallest absolute Gasteiger partial charge is 0.121 e. The van der Waals surface area contributed by atoms with Crippen LogP contribution in [0.15, 0.2) is 24.3 Å². The third-order valence-corrected chi connectivity index (χ3v) is 5.07. The maximum atomic E-state index is 5.81. The minimum atomic E-state index is 0.772. The van der Waals surface area contributed by atoms with Crippen LogP contribution in [-0.4, -0.2) is 30.6 Å². The number of nitrogen functional groups attached to an aromatic ring is 1. The zero-order chi connectivity index (χ0) is 14.5. The molecule has 3 heteroatoms. The number of hydrogen-bond donors (Lipinski definition) is 1. The highest BCUT2D eigenvalue weighted by Crippen LogP contribution is 2.35. The van der Waals surface area contributed by atoms with E-state index in [-0.39, 0.29) is 0 Å². The predicted octanol–water partition coefficient (Wildman–Crippen LogP) is 3.69. The molecule has 2 fully saturated rings. The third-order valence-electron chi connectivity index (χ3n) is 5.07. The van der Waals surface area contributed by atoms with Crippen LogP contribution >= 0.6 is 0 Å². The standard InChI is InChI=1S/C18H28N2O/c19-16-8-3-9-17(14-16)21-13-5-12-20-11-4-7-15-6-1-2-10-18(15)20/h3,8-9,14-15,18H,1-2,4-7,10-13,19H2. The van der Waals surface area contributed by atoms with E-state index in [0.717, 1.165) is 36.4 Å². The molecule has 1 saturated carbocycles. The lowest BCUT2D eigenvalue weighted by molar-refractivity contribution is 0.0568. The van der Waals surface area contributed by atoms with E-state index in [9.17, 15) is 0 Å². The summed E-state index contributed by atoms with van der Waals surface area (Å²) in [5.41, 5.74) is 6.54. The van der Waals surface area contributed by atoms with E-state index in [1.165, 1.54) is 51.6 Å². The second kappa shape index (κ2) is 7.17. The molecule has 1 saturated heterocycles. The van der Waals surface area contributed by atoms with Gasteiger partial charge in [0.05, 0.1) is 6.61 Å². The molecule has 1 aromatic carbocycles. The van der Waals surface area contributed by atoms with Crippen LogP contribution in [-0.2, 0) is 0 Å². The maximum absolute atomic E-state index is 5.81. The van der Waals surface area contributed by atoms with Gasteiger partial charge >= 0.3 is 0 Å². The topological polar surface area (TPSA) is 38.5 Å². The largest absolute Gasteiger partial charge is 0.493 e. The third kappa shape index (κ3) is 3.91. The van der Waals surface area contributed by atoms with Gasteiger partial charge in [-0.05, 0) is 56.7 Å². The zero-order valence-electron chi connectivity index (χ0n) is 13.0. The van der Waals surface area contributed by atoms with E-state index >= 15 is 0 Å². The summed E-state index contributed by atoms with van der Waals surface area (Å²) in [6.07, 6.45) is 9.71. The number of anilines is 1. The maximum Gasteiger partial charge on any atom is 0.121 e. The molecule has 2 aliphatic rings. The highest BCUT2D eigenvalue weighted by molar-refractivity contribution is 5.43. The van der Waals surface area contributed by atoms with E-state index in [1.54, 1.807) is 0 Å². The lowest BCUT2D eigenvalue weighted by Crippen LogP contribution is -2.47. The van der Waals surface area contributed by atoms with Crippen molar-refractivity contribution in [3.63, 3.8) is 0 Å². The monoisotopic (exact) mass is 288 g/mol. The number of rotatable bonds is 5. The summed E-state index contributed by atoms with van der Waals surface area (Å²) in [6, 6.07) is 8.58. The van der Waals surface area contributed by atoms with Crippen molar-refractivity contribution in [3.8, 4) is 5.75 Å². The SMILES string of the molecule is Nc1cccc(OCCCN2CCCC3CCCCC32)c1. The summed E-state index contributed by atoms with van der Waals surface area (Å²) in [5, 5.41) is 0. The van der Waals surface area contributed by atoms with Gasteiger partial charge in [-0.2, -0.15) is 0 Å². The van der Waals surface area contributed by atoms with Crippen molar-refractivity contribution < 1.29 is 4.74 Å². The fraction of sp³-hybridized carbons (Fsp3) is 0.667. The Morgan fingerprint density at radius 1 is 1.14 bits per heavy atom. The number of hydrogen-bond acceptors (Lipinski definition) is 3. The van der Waals surface area contributed by atoms with Crippen molar-refractivity contribution in [2.75, 3.05) is 25.4 Å². The fourth-order valence-electron chi connectivity index (χ4n) is 4.07. The number of nitrogens with two attached hydrogens (primary N) is 1. The Morgan fingerprint density at radius 2 is 2.00 bits per heavy atom. The van der Waals surface area contributed by atoms with Crippen LogP contribution in [0.4, 0.5) is 5.69 Å². The highest BCUT2D eigenvalue weighted by atomic mass is 16.5. The molecular weight excluding hydrogens is 260 g/mol. The van der Waals surface area contributed by atoms with Crippen molar-refractivity contribution in [1.82, 2.24) is 4.90 Å². The van der Waals surface area contributed by atoms with Gasteiger partial charge in [0.1, 0.15) is 5.75 Å². The molecule has 3 rings (SSSR count). The Kier molecular flexibility index (Phi) is 5.02. The lowest BCUT2D eigenvalue weighted by atomic mass is 9.78. The number of fused-ring (bicyclic) bond motifs is 1. The van der Waals surface area contributed by atoms with E-state index in [4.69, 9.17) is 10.5 Å². The summed E-state index contributed by atoms with van der Waals surface area (Å²) >= 11 is 0. The fourth-order valence-corrected chi connectivity index (χ4v) is 4.07. The minimum absolute atomic E-state index is 0.772. The Labute approximate surface area is 128 Å². The summed E-state index contributed by atoms with van der Waals surface area (Å²) < 4.78 is 5.81. The molecule has 0 amide bonds. The average Bonchev–Trinajstić information content (AvgIpc) is 2.52. The van der Waals surface area contributed by atoms with Gasteiger partial charge in [-0.1, -0.05) is 18.9 Å². The molecule has 0 bridgehead atoms. The quantitative estimate of drug-likeness (QED) is 0.663. The molecule has 2 unspecified atom stereocenters. The molecule has 0 radical (unpaired) electrons. The number of ether oxygens (including phenoxy) is 1. The molecule has 1 aliphatic heterocycles. The van der Waals surface area contributed by atoms with Gasteiger partial charge in [0, 0.05) is 24.3 Å². The summed E-state index contributed by atoms with van der Waals surface area (Å²) in [5.74, 6) is 1.87. The van der Waals surface area contributed by atoms with E-state index in [0.29, 0.717) is 0 Å². The molecule has 0 spiro atoms. The second-order valence-electron chi connectivity index (χ2n) is 6.56. The first-order chi connectivity index (χ1) is 10.3. The zero-order valence-corrected chi connectivity index (χ0v) is 13.0. The van der Waals surface area contributed by atoms with Crippen molar-refractivity contribution in [3.05, 3.63) is 24.3 Å². The van der Waals surface area contributed by atoms with Crippen molar-refractivity contribution in [2.24, 2.45) is 5.92 Å². The Morgan fingerprint density at radius 3 is 2.90 bits per heavy atom. The minimum Gasteiger partial charge on any atom is -0.493 e. The summed E-state index contributed by atoms with van der Waals surface area (Å²) in [7, 11) is 0. The number of nitrogens with zero attached hydrogens (tertiary/aromatic N) is 1. The Balaban J connectivity index is 1.42. The van der Waals surface area contributed by atoms with Gasteiger partial charge in [0.2, 0.25) is 0 Å². The molecule has 0 aromatic heterocycles. The van der Waals surface area contributed by atoms with Crippen LogP contribution in [0, 0.1) is 5.92 Å². The molecule has 1 aliphatic carbocycles.